The smallest absolute Gasteiger partial charge is 0.126 e. The lowest BCUT2D eigenvalue weighted by Crippen LogP contribution is -2.16. The number of benzene rings is 1. The summed E-state index contributed by atoms with van der Waals surface area (Å²) in [4.78, 5) is 6.88. The molecule has 0 bridgehead atoms. The molecule has 2 nitrogen and oxygen atoms in total. The fourth-order valence-electron chi connectivity index (χ4n) is 2.04. The van der Waals surface area contributed by atoms with Crippen molar-refractivity contribution >= 4 is 22.7 Å². The van der Waals surface area contributed by atoms with E-state index in [-0.39, 0.29) is 5.82 Å². The Kier molecular flexibility index (Phi) is 4.75. The fourth-order valence-corrected chi connectivity index (χ4v) is 3.75. The van der Waals surface area contributed by atoms with Crippen LogP contribution in [0.2, 0.25) is 0 Å². The first-order chi connectivity index (χ1) is 10.3. The van der Waals surface area contributed by atoms with Gasteiger partial charge in [-0.3, -0.25) is 0 Å². The quantitative estimate of drug-likeness (QED) is 0.684. The van der Waals surface area contributed by atoms with Gasteiger partial charge in [0, 0.05) is 17.6 Å². The second-order valence-corrected chi connectivity index (χ2v) is 6.68. The molecule has 2 heterocycles. The molecule has 0 atom stereocenters. The van der Waals surface area contributed by atoms with Gasteiger partial charge in [0.05, 0.1) is 4.88 Å². The lowest BCUT2D eigenvalue weighted by molar-refractivity contribution is 0.597. The summed E-state index contributed by atoms with van der Waals surface area (Å²) in [5.74, 6) is -0.131. The van der Waals surface area contributed by atoms with E-state index in [9.17, 15) is 4.39 Å². The first-order valence-corrected chi connectivity index (χ1v) is 8.45. The van der Waals surface area contributed by atoms with E-state index in [1.807, 2.05) is 24.4 Å². The zero-order chi connectivity index (χ0) is 14.5. The highest BCUT2D eigenvalue weighted by molar-refractivity contribution is 7.21. The third kappa shape index (κ3) is 3.75. The number of hydrogen-bond acceptors (Lipinski definition) is 4. The third-order valence-corrected chi connectivity index (χ3v) is 5.19. The SMILES string of the molecule is Fc1ccccc1CCNCc1ncc(-c2cccs2)s1. The van der Waals surface area contributed by atoms with Crippen LogP contribution in [0.3, 0.4) is 0 Å². The summed E-state index contributed by atoms with van der Waals surface area (Å²) in [6.07, 6.45) is 2.61. The van der Waals surface area contributed by atoms with Gasteiger partial charge in [-0.2, -0.15) is 0 Å². The van der Waals surface area contributed by atoms with Gasteiger partial charge in [0.15, 0.2) is 0 Å². The predicted molar refractivity (Wildman–Crippen MR) is 87.2 cm³/mol. The van der Waals surface area contributed by atoms with E-state index in [0.29, 0.717) is 6.42 Å². The molecular formula is C16H15FN2S2. The third-order valence-electron chi connectivity index (χ3n) is 3.12. The van der Waals surface area contributed by atoms with Crippen LogP contribution >= 0.6 is 22.7 Å². The lowest BCUT2D eigenvalue weighted by Gasteiger charge is -2.04. The van der Waals surface area contributed by atoms with Gasteiger partial charge in [-0.15, -0.1) is 22.7 Å². The van der Waals surface area contributed by atoms with E-state index in [0.717, 1.165) is 23.7 Å². The Morgan fingerprint density at radius 3 is 2.81 bits per heavy atom. The average molecular weight is 318 g/mol. The lowest BCUT2D eigenvalue weighted by atomic mass is 10.1. The summed E-state index contributed by atoms with van der Waals surface area (Å²) < 4.78 is 13.5. The Hall–Kier alpha value is -1.56. The minimum Gasteiger partial charge on any atom is -0.310 e. The Morgan fingerprint density at radius 1 is 1.10 bits per heavy atom. The number of nitrogens with zero attached hydrogens (tertiary/aromatic N) is 1. The first-order valence-electron chi connectivity index (χ1n) is 6.75. The maximum Gasteiger partial charge on any atom is 0.126 e. The molecule has 2 aromatic heterocycles. The number of thiazole rings is 1. The van der Waals surface area contributed by atoms with Crippen LogP contribution in [-0.4, -0.2) is 11.5 Å². The Morgan fingerprint density at radius 2 is 2.00 bits per heavy atom. The average Bonchev–Trinajstić information content (AvgIpc) is 3.16. The standard InChI is InChI=1S/C16H15FN2S2/c17-13-5-2-1-4-12(13)7-8-18-11-16-19-10-15(21-16)14-6-3-9-20-14/h1-6,9-10,18H,7-8,11H2. The molecule has 0 fully saturated rings. The minimum atomic E-state index is -0.131. The highest BCUT2D eigenvalue weighted by Crippen LogP contribution is 2.29. The number of nitrogens with one attached hydrogen (secondary N) is 1. The van der Waals surface area contributed by atoms with Gasteiger partial charge in [-0.05, 0) is 36.0 Å². The van der Waals surface area contributed by atoms with Crippen LogP contribution in [0.4, 0.5) is 4.39 Å². The number of thiophene rings is 1. The molecule has 3 aromatic rings. The second-order valence-electron chi connectivity index (χ2n) is 4.61. The van der Waals surface area contributed by atoms with Crippen LogP contribution in [-0.2, 0) is 13.0 Å². The van der Waals surface area contributed by atoms with Crippen LogP contribution < -0.4 is 5.32 Å². The Bertz CT molecular complexity index is 692. The molecule has 5 heteroatoms. The summed E-state index contributed by atoms with van der Waals surface area (Å²) in [5, 5.41) is 6.45. The molecular weight excluding hydrogens is 303 g/mol. The second kappa shape index (κ2) is 6.93. The summed E-state index contributed by atoms with van der Waals surface area (Å²) in [7, 11) is 0. The largest absolute Gasteiger partial charge is 0.310 e. The molecule has 1 aromatic carbocycles. The molecule has 0 unspecified atom stereocenters. The summed E-state index contributed by atoms with van der Waals surface area (Å²) in [5.41, 5.74) is 0.753. The van der Waals surface area contributed by atoms with Crippen LogP contribution in [0.1, 0.15) is 10.6 Å². The number of hydrogen-bond donors (Lipinski definition) is 1. The van der Waals surface area contributed by atoms with Crippen molar-refractivity contribution < 1.29 is 4.39 Å². The van der Waals surface area contributed by atoms with Crippen molar-refractivity contribution in [2.75, 3.05) is 6.54 Å². The van der Waals surface area contributed by atoms with Crippen LogP contribution in [0, 0.1) is 5.82 Å². The Balaban J connectivity index is 1.49. The van der Waals surface area contributed by atoms with Gasteiger partial charge in [0.2, 0.25) is 0 Å². The number of aromatic nitrogens is 1. The van der Waals surface area contributed by atoms with Crippen molar-refractivity contribution in [1.29, 1.82) is 0 Å². The molecule has 21 heavy (non-hydrogen) atoms. The highest BCUT2D eigenvalue weighted by atomic mass is 32.1. The zero-order valence-electron chi connectivity index (χ0n) is 11.4. The van der Waals surface area contributed by atoms with Crippen molar-refractivity contribution in [3.8, 4) is 9.75 Å². The van der Waals surface area contributed by atoms with Crippen molar-refractivity contribution in [3.05, 3.63) is 64.4 Å². The van der Waals surface area contributed by atoms with Gasteiger partial charge in [-0.1, -0.05) is 24.3 Å². The zero-order valence-corrected chi connectivity index (χ0v) is 13.0. The van der Waals surface area contributed by atoms with E-state index in [4.69, 9.17) is 0 Å². The first kappa shape index (κ1) is 14.4. The van der Waals surface area contributed by atoms with E-state index in [1.54, 1.807) is 28.7 Å². The maximum atomic E-state index is 13.5. The maximum absolute atomic E-state index is 13.5. The van der Waals surface area contributed by atoms with Crippen LogP contribution in [0.15, 0.2) is 48.0 Å². The molecule has 0 aliphatic carbocycles. The normalized spacial score (nSPS) is 10.9. The molecule has 0 aliphatic rings. The van der Waals surface area contributed by atoms with Crippen LogP contribution in [0.25, 0.3) is 9.75 Å². The molecule has 0 saturated carbocycles. The molecule has 0 radical (unpaired) electrons. The number of halogens is 1. The van der Waals surface area contributed by atoms with Gasteiger partial charge in [0.25, 0.3) is 0 Å². The van der Waals surface area contributed by atoms with Crippen molar-refractivity contribution in [1.82, 2.24) is 10.3 Å². The van der Waals surface area contributed by atoms with E-state index < -0.39 is 0 Å². The molecule has 1 N–H and O–H groups in total. The van der Waals surface area contributed by atoms with Gasteiger partial charge >= 0.3 is 0 Å². The topological polar surface area (TPSA) is 24.9 Å². The summed E-state index contributed by atoms with van der Waals surface area (Å²) >= 11 is 3.43. The van der Waals surface area contributed by atoms with Gasteiger partial charge < -0.3 is 5.32 Å². The van der Waals surface area contributed by atoms with E-state index in [1.165, 1.54) is 15.8 Å². The molecule has 0 saturated heterocycles. The van der Waals surface area contributed by atoms with Crippen molar-refractivity contribution in [3.63, 3.8) is 0 Å². The molecule has 108 valence electrons. The van der Waals surface area contributed by atoms with Crippen LogP contribution in [0.5, 0.6) is 0 Å². The molecule has 0 aliphatic heterocycles. The summed E-state index contributed by atoms with van der Waals surface area (Å²) in [6, 6.07) is 11.1. The van der Waals surface area contributed by atoms with E-state index >= 15 is 0 Å². The number of rotatable bonds is 6. The monoisotopic (exact) mass is 318 g/mol. The summed E-state index contributed by atoms with van der Waals surface area (Å²) in [6.45, 7) is 1.47. The van der Waals surface area contributed by atoms with Gasteiger partial charge in [0.1, 0.15) is 10.8 Å². The minimum absolute atomic E-state index is 0.131. The molecule has 3 rings (SSSR count). The Labute approximate surface area is 131 Å². The van der Waals surface area contributed by atoms with Crippen molar-refractivity contribution in [2.24, 2.45) is 0 Å². The van der Waals surface area contributed by atoms with E-state index in [2.05, 4.69) is 21.7 Å². The molecule has 0 amide bonds. The van der Waals surface area contributed by atoms with Gasteiger partial charge in [-0.25, -0.2) is 9.37 Å². The van der Waals surface area contributed by atoms with Crippen molar-refractivity contribution in [2.45, 2.75) is 13.0 Å². The molecule has 0 spiro atoms. The fraction of sp³-hybridized carbons (Fsp3) is 0.188. The predicted octanol–water partition coefficient (Wildman–Crippen LogP) is 4.34. The highest BCUT2D eigenvalue weighted by Gasteiger charge is 2.05.